The highest BCUT2D eigenvalue weighted by molar-refractivity contribution is 6.31. The molecule has 0 unspecified atom stereocenters. The molecule has 1 aliphatic rings. The molecule has 0 amide bonds. The van der Waals surface area contributed by atoms with Crippen molar-refractivity contribution in [3.8, 4) is 11.5 Å². The van der Waals surface area contributed by atoms with Gasteiger partial charge >= 0.3 is 11.9 Å². The molecule has 0 spiro atoms. The molecule has 28 heavy (non-hydrogen) atoms. The van der Waals surface area contributed by atoms with Crippen molar-refractivity contribution in [2.75, 3.05) is 0 Å². The van der Waals surface area contributed by atoms with Crippen molar-refractivity contribution in [1.29, 1.82) is 0 Å². The number of ketones is 2. The van der Waals surface area contributed by atoms with Crippen LogP contribution in [-0.2, 0) is 9.59 Å². The number of fused-ring (bicyclic) bond motifs is 3. The van der Waals surface area contributed by atoms with Crippen LogP contribution in [0.5, 0.6) is 11.5 Å². The van der Waals surface area contributed by atoms with Gasteiger partial charge < -0.3 is 9.47 Å². The molecule has 0 saturated heterocycles. The van der Waals surface area contributed by atoms with E-state index in [1.54, 1.807) is 12.1 Å². The van der Waals surface area contributed by atoms with E-state index in [0.29, 0.717) is 0 Å². The van der Waals surface area contributed by atoms with Gasteiger partial charge in [-0.3, -0.25) is 19.2 Å². The zero-order valence-electron chi connectivity index (χ0n) is 15.1. The van der Waals surface area contributed by atoms with Gasteiger partial charge in [-0.25, -0.2) is 0 Å². The van der Waals surface area contributed by atoms with E-state index in [2.05, 4.69) is 0 Å². The van der Waals surface area contributed by atoms with Crippen LogP contribution in [-0.4, -0.2) is 23.5 Å². The summed E-state index contributed by atoms with van der Waals surface area (Å²) < 4.78 is 10.3. The Morgan fingerprint density at radius 2 is 1.07 bits per heavy atom. The molecule has 6 heteroatoms. The minimum absolute atomic E-state index is 0.0458. The highest BCUT2D eigenvalue weighted by atomic mass is 16.5. The predicted molar refractivity (Wildman–Crippen MR) is 99.9 cm³/mol. The van der Waals surface area contributed by atoms with E-state index in [4.69, 9.17) is 9.47 Å². The van der Waals surface area contributed by atoms with Gasteiger partial charge in [0.1, 0.15) is 11.5 Å². The van der Waals surface area contributed by atoms with Gasteiger partial charge in [0.25, 0.3) is 0 Å². The summed E-state index contributed by atoms with van der Waals surface area (Å²) in [6, 6.07) is 13.3. The lowest BCUT2D eigenvalue weighted by molar-refractivity contribution is -0.133. The molecule has 0 aliphatic heterocycles. The first kappa shape index (κ1) is 17.6. The molecule has 3 aromatic rings. The Bertz CT molecular complexity index is 1110. The van der Waals surface area contributed by atoms with E-state index < -0.39 is 23.5 Å². The highest BCUT2D eigenvalue weighted by Crippen LogP contribution is 2.40. The highest BCUT2D eigenvalue weighted by Gasteiger charge is 2.36. The van der Waals surface area contributed by atoms with E-state index in [1.807, 2.05) is 24.3 Å². The van der Waals surface area contributed by atoms with Crippen molar-refractivity contribution < 1.29 is 28.7 Å². The largest absolute Gasteiger partial charge is 0.426 e. The van der Waals surface area contributed by atoms with Gasteiger partial charge in [-0.15, -0.1) is 0 Å². The van der Waals surface area contributed by atoms with Gasteiger partial charge in [-0.1, -0.05) is 24.3 Å². The SMILES string of the molecule is CC(=O)Oc1ccc(OC(C)=O)c2c1C(=O)c1cc3ccccc3cc1C2=O. The first-order valence-corrected chi connectivity index (χ1v) is 8.53. The number of benzene rings is 3. The molecule has 138 valence electrons. The zero-order valence-corrected chi connectivity index (χ0v) is 15.1. The fourth-order valence-corrected chi connectivity index (χ4v) is 3.38. The Hall–Kier alpha value is -3.80. The topological polar surface area (TPSA) is 86.7 Å². The molecular formula is C22H14O6. The maximum atomic E-state index is 13.3. The third-order valence-electron chi connectivity index (χ3n) is 4.47. The van der Waals surface area contributed by atoms with E-state index in [-0.39, 0.29) is 33.8 Å². The fourth-order valence-electron chi connectivity index (χ4n) is 3.38. The molecule has 4 rings (SSSR count). The molecule has 0 heterocycles. The fraction of sp³-hybridized carbons (Fsp3) is 0.0909. The molecule has 0 atom stereocenters. The van der Waals surface area contributed by atoms with Crippen LogP contribution in [0.3, 0.4) is 0 Å². The van der Waals surface area contributed by atoms with Gasteiger partial charge in [-0.2, -0.15) is 0 Å². The van der Waals surface area contributed by atoms with Crippen LogP contribution in [0.2, 0.25) is 0 Å². The lowest BCUT2D eigenvalue weighted by Gasteiger charge is -2.22. The summed E-state index contributed by atoms with van der Waals surface area (Å²) >= 11 is 0. The molecule has 1 aliphatic carbocycles. The summed E-state index contributed by atoms with van der Waals surface area (Å²) in [7, 11) is 0. The van der Waals surface area contributed by atoms with Gasteiger partial charge in [-0.05, 0) is 35.0 Å². The van der Waals surface area contributed by atoms with E-state index in [0.717, 1.165) is 10.8 Å². The summed E-state index contributed by atoms with van der Waals surface area (Å²) in [4.78, 5) is 49.4. The van der Waals surface area contributed by atoms with E-state index >= 15 is 0 Å². The summed E-state index contributed by atoms with van der Waals surface area (Å²) in [6.45, 7) is 2.39. The minimum atomic E-state index is -0.632. The van der Waals surface area contributed by atoms with Crippen LogP contribution in [0.1, 0.15) is 45.7 Å². The molecule has 0 fully saturated rings. The van der Waals surface area contributed by atoms with Crippen LogP contribution < -0.4 is 9.47 Å². The number of ether oxygens (including phenoxy) is 2. The lowest BCUT2D eigenvalue weighted by atomic mass is 9.82. The molecule has 6 nitrogen and oxygen atoms in total. The third-order valence-corrected chi connectivity index (χ3v) is 4.47. The van der Waals surface area contributed by atoms with Crippen LogP contribution in [0, 0.1) is 0 Å². The Balaban J connectivity index is 2.02. The third kappa shape index (κ3) is 2.75. The Labute approximate surface area is 159 Å². The van der Waals surface area contributed by atoms with Crippen LogP contribution in [0.25, 0.3) is 10.8 Å². The average molecular weight is 374 g/mol. The van der Waals surface area contributed by atoms with E-state index in [1.165, 1.54) is 26.0 Å². The molecule has 3 aromatic carbocycles. The summed E-state index contributed by atoms with van der Waals surface area (Å²) in [5.74, 6) is -2.30. The maximum Gasteiger partial charge on any atom is 0.308 e. The molecule has 0 N–H and O–H groups in total. The Kier molecular flexibility index (Phi) is 4.04. The summed E-state index contributed by atoms with van der Waals surface area (Å²) in [5, 5.41) is 1.60. The van der Waals surface area contributed by atoms with Crippen molar-refractivity contribution in [2.45, 2.75) is 13.8 Å². The number of hydrogen-bond donors (Lipinski definition) is 0. The lowest BCUT2D eigenvalue weighted by Crippen LogP contribution is -2.24. The number of carbonyl (C=O) groups is 4. The normalized spacial score (nSPS) is 12.4. The van der Waals surface area contributed by atoms with Gasteiger partial charge in [0.05, 0.1) is 11.1 Å². The van der Waals surface area contributed by atoms with Crippen molar-refractivity contribution in [1.82, 2.24) is 0 Å². The molecule has 0 saturated carbocycles. The van der Waals surface area contributed by atoms with Gasteiger partial charge in [0.15, 0.2) is 11.6 Å². The smallest absolute Gasteiger partial charge is 0.308 e. The maximum absolute atomic E-state index is 13.3. The molecule has 0 aromatic heterocycles. The Morgan fingerprint density at radius 3 is 1.43 bits per heavy atom. The standard InChI is InChI=1S/C22H14O6/c1-11(23)27-17-7-8-18(28-12(2)24)20-19(17)21(25)15-9-13-5-3-4-6-14(13)10-16(15)22(20)26/h3-10H,1-2H3. The van der Waals surface area contributed by atoms with E-state index in [9.17, 15) is 19.2 Å². The average Bonchev–Trinajstić information content (AvgIpc) is 2.65. The number of rotatable bonds is 2. The quantitative estimate of drug-likeness (QED) is 0.394. The summed E-state index contributed by atoms with van der Waals surface area (Å²) in [5.41, 5.74) is 0.262. The molecule has 0 bridgehead atoms. The first-order valence-electron chi connectivity index (χ1n) is 8.53. The predicted octanol–water partition coefficient (Wildman–Crippen LogP) is 3.47. The van der Waals surface area contributed by atoms with Gasteiger partial charge in [0, 0.05) is 25.0 Å². The minimum Gasteiger partial charge on any atom is -0.426 e. The van der Waals surface area contributed by atoms with Crippen molar-refractivity contribution in [3.63, 3.8) is 0 Å². The second kappa shape index (κ2) is 6.42. The molecular weight excluding hydrogens is 360 g/mol. The number of esters is 2. The van der Waals surface area contributed by atoms with Crippen molar-refractivity contribution in [2.24, 2.45) is 0 Å². The van der Waals surface area contributed by atoms with Crippen LogP contribution in [0.4, 0.5) is 0 Å². The van der Waals surface area contributed by atoms with Crippen molar-refractivity contribution >= 4 is 34.3 Å². The monoisotopic (exact) mass is 374 g/mol. The van der Waals surface area contributed by atoms with Crippen LogP contribution in [0.15, 0.2) is 48.5 Å². The second-order valence-electron chi connectivity index (χ2n) is 6.40. The summed E-state index contributed by atoms with van der Waals surface area (Å²) in [6.07, 6.45) is 0. The Morgan fingerprint density at radius 1 is 0.679 bits per heavy atom. The molecule has 0 radical (unpaired) electrons. The van der Waals surface area contributed by atoms with Crippen molar-refractivity contribution in [3.05, 3.63) is 70.8 Å². The zero-order chi connectivity index (χ0) is 20.0. The number of hydrogen-bond acceptors (Lipinski definition) is 6. The first-order chi connectivity index (χ1) is 13.4. The van der Waals surface area contributed by atoms with Gasteiger partial charge in [0.2, 0.25) is 0 Å². The second-order valence-corrected chi connectivity index (χ2v) is 6.40. The number of carbonyl (C=O) groups excluding carboxylic acids is 4. The van der Waals surface area contributed by atoms with Crippen LogP contribution >= 0.6 is 0 Å².